The van der Waals surface area contributed by atoms with Crippen LogP contribution in [0, 0.1) is 6.42 Å². The lowest BCUT2D eigenvalue weighted by atomic mass is 9.92. The van der Waals surface area contributed by atoms with E-state index in [1.807, 2.05) is 0 Å². The highest BCUT2D eigenvalue weighted by Crippen LogP contribution is 2.26. The van der Waals surface area contributed by atoms with Crippen molar-refractivity contribution >= 4 is 0 Å². The van der Waals surface area contributed by atoms with Crippen molar-refractivity contribution in [1.82, 2.24) is 4.90 Å². The van der Waals surface area contributed by atoms with Gasteiger partial charge in [-0.15, -0.1) is 0 Å². The molecule has 9 heavy (non-hydrogen) atoms. The van der Waals surface area contributed by atoms with Gasteiger partial charge in [-0.05, 0) is 45.2 Å². The van der Waals surface area contributed by atoms with E-state index in [9.17, 15) is 0 Å². The van der Waals surface area contributed by atoms with Crippen LogP contribution in [0.4, 0.5) is 0 Å². The van der Waals surface area contributed by atoms with E-state index in [-0.39, 0.29) is 0 Å². The summed E-state index contributed by atoms with van der Waals surface area (Å²) in [7, 11) is 0. The molecule has 2 aliphatic rings. The Labute approximate surface area is 57.0 Å². The highest BCUT2D eigenvalue weighted by molar-refractivity contribution is 4.96. The molecule has 2 rings (SSSR count). The summed E-state index contributed by atoms with van der Waals surface area (Å²) in [5, 5.41) is 0. The molecule has 1 heteroatoms. The second kappa shape index (κ2) is 2.30. The van der Waals surface area contributed by atoms with Gasteiger partial charge in [0.2, 0.25) is 0 Å². The highest BCUT2D eigenvalue weighted by Gasteiger charge is 2.26. The molecule has 1 aliphatic heterocycles. The van der Waals surface area contributed by atoms with E-state index in [1.54, 1.807) is 0 Å². The minimum Gasteiger partial charge on any atom is -0.300 e. The Balaban J connectivity index is 1.82. The van der Waals surface area contributed by atoms with Gasteiger partial charge in [-0.3, -0.25) is 0 Å². The van der Waals surface area contributed by atoms with Crippen LogP contribution < -0.4 is 0 Å². The van der Waals surface area contributed by atoms with E-state index >= 15 is 0 Å². The second-order valence-electron chi connectivity index (χ2n) is 3.12. The van der Waals surface area contributed by atoms with Crippen LogP contribution in [0.5, 0.6) is 0 Å². The molecule has 0 aromatic heterocycles. The van der Waals surface area contributed by atoms with Crippen molar-refractivity contribution in [2.45, 2.75) is 31.7 Å². The van der Waals surface area contributed by atoms with Gasteiger partial charge in [-0.25, -0.2) is 0 Å². The molecule has 0 N–H and O–H groups in total. The number of rotatable bonds is 1. The molecule has 1 nitrogen and oxygen atoms in total. The molecule has 1 radical (unpaired) electrons. The van der Waals surface area contributed by atoms with Crippen molar-refractivity contribution in [1.29, 1.82) is 0 Å². The summed E-state index contributed by atoms with van der Waals surface area (Å²) in [5.74, 6) is 0. The average molecular weight is 124 g/mol. The van der Waals surface area contributed by atoms with Crippen LogP contribution in [0.2, 0.25) is 0 Å². The third-order valence-corrected chi connectivity index (χ3v) is 2.51. The Bertz CT molecular complexity index is 90.7. The van der Waals surface area contributed by atoms with Gasteiger partial charge >= 0.3 is 0 Å². The molecule has 0 bridgehead atoms. The van der Waals surface area contributed by atoms with Gasteiger partial charge in [0.15, 0.2) is 0 Å². The Morgan fingerprint density at radius 1 is 1.22 bits per heavy atom. The molecule has 0 spiro atoms. The zero-order valence-electron chi connectivity index (χ0n) is 5.84. The van der Waals surface area contributed by atoms with E-state index in [0.29, 0.717) is 0 Å². The van der Waals surface area contributed by atoms with Gasteiger partial charge in [0, 0.05) is 6.04 Å². The third-order valence-electron chi connectivity index (χ3n) is 2.51. The molecule has 1 unspecified atom stereocenters. The molecule has 0 aromatic carbocycles. The minimum atomic E-state index is 0.882. The van der Waals surface area contributed by atoms with E-state index in [2.05, 4.69) is 11.3 Å². The van der Waals surface area contributed by atoms with Gasteiger partial charge in [-0.1, -0.05) is 0 Å². The first-order valence-corrected chi connectivity index (χ1v) is 4.04. The van der Waals surface area contributed by atoms with E-state index < -0.39 is 0 Å². The van der Waals surface area contributed by atoms with Gasteiger partial charge in [0.25, 0.3) is 0 Å². The summed E-state index contributed by atoms with van der Waals surface area (Å²) in [6, 6.07) is 0.882. The number of hydrogen-bond acceptors (Lipinski definition) is 1. The number of hydrogen-bond donors (Lipinski definition) is 0. The monoisotopic (exact) mass is 124 g/mol. The average Bonchev–Trinajstić information content (AvgIpc) is 2.11. The maximum Gasteiger partial charge on any atom is 0.0127 e. The zero-order chi connectivity index (χ0) is 6.10. The van der Waals surface area contributed by atoms with Crippen LogP contribution in [0.15, 0.2) is 0 Å². The molecule has 0 amide bonds. The summed E-state index contributed by atoms with van der Waals surface area (Å²) in [6.45, 7) is 2.72. The topological polar surface area (TPSA) is 3.24 Å². The fourth-order valence-corrected chi connectivity index (χ4v) is 1.72. The fourth-order valence-electron chi connectivity index (χ4n) is 1.72. The first-order valence-electron chi connectivity index (χ1n) is 4.04. The molecule has 1 saturated heterocycles. The summed E-state index contributed by atoms with van der Waals surface area (Å²) in [6.07, 6.45) is 8.11. The standard InChI is InChI=1S/C8H14N/c1-2-7-9(6-1)8-4-3-5-8/h4,8H,1-3,5-7H2. The summed E-state index contributed by atoms with van der Waals surface area (Å²) in [5.41, 5.74) is 0. The number of nitrogens with zero attached hydrogens (tertiary/aromatic N) is 1. The molecule has 1 aliphatic carbocycles. The van der Waals surface area contributed by atoms with Crippen LogP contribution in [-0.2, 0) is 0 Å². The van der Waals surface area contributed by atoms with Crippen molar-refractivity contribution in [2.75, 3.05) is 13.1 Å². The molecule has 1 heterocycles. The molecule has 2 fully saturated rings. The fraction of sp³-hybridized carbons (Fsp3) is 0.875. The third kappa shape index (κ3) is 0.983. The first kappa shape index (κ1) is 5.72. The van der Waals surface area contributed by atoms with Crippen LogP contribution in [-0.4, -0.2) is 24.0 Å². The Morgan fingerprint density at radius 2 is 1.89 bits per heavy atom. The highest BCUT2D eigenvalue weighted by atomic mass is 15.2. The maximum absolute atomic E-state index is 2.61. The SMILES string of the molecule is [CH]1CCC1N1CCCC1. The predicted octanol–water partition coefficient (Wildman–Crippen LogP) is 1.45. The van der Waals surface area contributed by atoms with Crippen molar-refractivity contribution in [2.24, 2.45) is 0 Å². The van der Waals surface area contributed by atoms with Gasteiger partial charge < -0.3 is 4.90 Å². The summed E-state index contributed by atoms with van der Waals surface area (Å²) < 4.78 is 0. The summed E-state index contributed by atoms with van der Waals surface area (Å²) in [4.78, 5) is 2.61. The molecular formula is C8H14N. The van der Waals surface area contributed by atoms with Crippen LogP contribution in [0.25, 0.3) is 0 Å². The minimum absolute atomic E-state index is 0.882. The van der Waals surface area contributed by atoms with Crippen molar-refractivity contribution in [3.8, 4) is 0 Å². The molecule has 1 saturated carbocycles. The molecule has 0 aromatic rings. The quantitative estimate of drug-likeness (QED) is 0.511. The van der Waals surface area contributed by atoms with Crippen molar-refractivity contribution in [3.63, 3.8) is 0 Å². The lowest BCUT2D eigenvalue weighted by Gasteiger charge is -2.33. The smallest absolute Gasteiger partial charge is 0.0127 e. The Hall–Kier alpha value is -0.0400. The molecule has 1 atom stereocenters. The van der Waals surface area contributed by atoms with E-state index in [4.69, 9.17) is 0 Å². The van der Waals surface area contributed by atoms with Crippen LogP contribution in [0.1, 0.15) is 25.7 Å². The normalized spacial score (nSPS) is 30.7. The lowest BCUT2D eigenvalue weighted by molar-refractivity contribution is 0.214. The van der Waals surface area contributed by atoms with Gasteiger partial charge in [-0.2, -0.15) is 0 Å². The lowest BCUT2D eigenvalue weighted by Crippen LogP contribution is -2.38. The first-order chi connectivity index (χ1) is 4.47. The van der Waals surface area contributed by atoms with Crippen molar-refractivity contribution < 1.29 is 0 Å². The molecular weight excluding hydrogens is 110 g/mol. The van der Waals surface area contributed by atoms with Crippen LogP contribution in [0.3, 0.4) is 0 Å². The Kier molecular flexibility index (Phi) is 1.46. The van der Waals surface area contributed by atoms with Gasteiger partial charge in [0.1, 0.15) is 0 Å². The van der Waals surface area contributed by atoms with E-state index in [1.165, 1.54) is 38.8 Å². The predicted molar refractivity (Wildman–Crippen MR) is 38.1 cm³/mol. The van der Waals surface area contributed by atoms with Crippen LogP contribution >= 0.6 is 0 Å². The Morgan fingerprint density at radius 3 is 2.33 bits per heavy atom. The number of likely N-dealkylation sites (tertiary alicyclic amines) is 1. The maximum atomic E-state index is 2.61. The zero-order valence-corrected chi connectivity index (χ0v) is 5.84. The van der Waals surface area contributed by atoms with Gasteiger partial charge in [0.05, 0.1) is 0 Å². The molecule has 51 valence electrons. The summed E-state index contributed by atoms with van der Waals surface area (Å²) >= 11 is 0. The second-order valence-corrected chi connectivity index (χ2v) is 3.12. The van der Waals surface area contributed by atoms with E-state index in [0.717, 1.165) is 6.04 Å². The largest absolute Gasteiger partial charge is 0.300 e. The van der Waals surface area contributed by atoms with Crippen molar-refractivity contribution in [3.05, 3.63) is 6.42 Å².